The Balaban J connectivity index is 2.45. The fraction of sp³-hybridized carbons (Fsp3) is 0.750. The average molecular weight is 178 g/mol. The number of rotatable bonds is 0. The van der Waals surface area contributed by atoms with Crippen molar-refractivity contribution in [3.05, 3.63) is 12.2 Å². The fourth-order valence-electron chi connectivity index (χ4n) is 2.76. The highest BCUT2D eigenvalue weighted by molar-refractivity contribution is 5.89. The Morgan fingerprint density at radius 3 is 2.46 bits per heavy atom. The molecule has 72 valence electrons. The van der Waals surface area contributed by atoms with Gasteiger partial charge in [0.15, 0.2) is 0 Å². The van der Waals surface area contributed by atoms with Crippen molar-refractivity contribution in [3.63, 3.8) is 0 Å². The summed E-state index contributed by atoms with van der Waals surface area (Å²) in [5.74, 6) is 1.02. The third kappa shape index (κ3) is 1.09. The van der Waals surface area contributed by atoms with Crippen LogP contribution in [0.25, 0.3) is 0 Å². The van der Waals surface area contributed by atoms with Gasteiger partial charge in [-0.3, -0.25) is 4.79 Å². The molecule has 1 saturated carbocycles. The van der Waals surface area contributed by atoms with Crippen molar-refractivity contribution >= 4 is 5.78 Å². The number of hydrogen-bond donors (Lipinski definition) is 0. The van der Waals surface area contributed by atoms with Gasteiger partial charge in [-0.15, -0.1) is 0 Å². The molecule has 0 spiro atoms. The van der Waals surface area contributed by atoms with Crippen LogP contribution in [0.15, 0.2) is 12.2 Å². The summed E-state index contributed by atoms with van der Waals surface area (Å²) >= 11 is 0. The molecular weight excluding hydrogens is 160 g/mol. The van der Waals surface area contributed by atoms with E-state index in [0.717, 1.165) is 12.8 Å². The second-order valence-electron chi connectivity index (χ2n) is 5.51. The molecule has 0 aliphatic heterocycles. The molecule has 1 heteroatoms. The quantitative estimate of drug-likeness (QED) is 0.521. The number of carbonyl (C=O) groups is 1. The first-order valence-electron chi connectivity index (χ1n) is 5.18. The van der Waals surface area contributed by atoms with Crippen molar-refractivity contribution in [3.8, 4) is 0 Å². The highest BCUT2D eigenvalue weighted by Crippen LogP contribution is 2.53. The average Bonchev–Trinajstić information content (AvgIpc) is 2.03. The Labute approximate surface area is 80.2 Å². The second kappa shape index (κ2) is 2.46. The third-order valence-corrected chi connectivity index (χ3v) is 3.85. The van der Waals surface area contributed by atoms with E-state index in [1.165, 1.54) is 6.42 Å². The van der Waals surface area contributed by atoms with Gasteiger partial charge in [-0.05, 0) is 24.2 Å². The number of carbonyl (C=O) groups excluding carboxylic acids is 1. The number of Topliss-reactive ketones (excluding diaryl/α,β-unsaturated/α-hetero) is 1. The molecule has 0 N–H and O–H groups in total. The Morgan fingerprint density at radius 2 is 2.15 bits per heavy atom. The van der Waals surface area contributed by atoms with Crippen molar-refractivity contribution in [1.82, 2.24) is 0 Å². The maximum atomic E-state index is 12.0. The summed E-state index contributed by atoms with van der Waals surface area (Å²) in [5, 5.41) is 0. The van der Waals surface area contributed by atoms with E-state index in [1.807, 2.05) is 0 Å². The lowest BCUT2D eigenvalue weighted by atomic mass is 9.54. The van der Waals surface area contributed by atoms with Gasteiger partial charge in [-0.2, -0.15) is 0 Å². The van der Waals surface area contributed by atoms with E-state index in [4.69, 9.17) is 0 Å². The maximum Gasteiger partial charge on any atom is 0.143 e. The van der Waals surface area contributed by atoms with Crippen LogP contribution in [-0.4, -0.2) is 5.78 Å². The Morgan fingerprint density at radius 1 is 1.46 bits per heavy atom. The molecule has 13 heavy (non-hydrogen) atoms. The van der Waals surface area contributed by atoms with Crippen LogP contribution in [0, 0.1) is 16.7 Å². The van der Waals surface area contributed by atoms with E-state index < -0.39 is 0 Å². The predicted octanol–water partition coefficient (Wildman–Crippen LogP) is 2.96. The summed E-state index contributed by atoms with van der Waals surface area (Å²) < 4.78 is 0. The lowest BCUT2D eigenvalue weighted by Crippen LogP contribution is -2.47. The van der Waals surface area contributed by atoms with E-state index in [9.17, 15) is 4.79 Å². The molecule has 0 unspecified atom stereocenters. The molecule has 0 saturated heterocycles. The van der Waals surface area contributed by atoms with Gasteiger partial charge in [0.25, 0.3) is 0 Å². The lowest BCUT2D eigenvalue weighted by Gasteiger charge is -2.48. The van der Waals surface area contributed by atoms with Crippen molar-refractivity contribution in [2.24, 2.45) is 16.7 Å². The number of allylic oxidation sites excluding steroid dienone is 2. The second-order valence-corrected chi connectivity index (χ2v) is 5.51. The Kier molecular flexibility index (Phi) is 1.70. The van der Waals surface area contributed by atoms with Gasteiger partial charge in [0.05, 0.1) is 5.41 Å². The van der Waals surface area contributed by atoms with E-state index >= 15 is 0 Å². The third-order valence-electron chi connectivity index (χ3n) is 3.85. The van der Waals surface area contributed by atoms with E-state index in [1.54, 1.807) is 0 Å². The number of fused-ring (bicyclic) bond motifs is 2. The highest BCUT2D eigenvalue weighted by atomic mass is 16.1. The minimum atomic E-state index is -0.137. The van der Waals surface area contributed by atoms with Crippen molar-refractivity contribution in [2.45, 2.75) is 40.0 Å². The molecule has 3 aliphatic rings. The summed E-state index contributed by atoms with van der Waals surface area (Å²) in [6.07, 6.45) is 7.51. The molecule has 2 bridgehead atoms. The van der Waals surface area contributed by atoms with Gasteiger partial charge < -0.3 is 0 Å². The van der Waals surface area contributed by atoms with Crippen LogP contribution >= 0.6 is 0 Å². The van der Waals surface area contributed by atoms with E-state index in [-0.39, 0.29) is 10.8 Å². The van der Waals surface area contributed by atoms with Crippen molar-refractivity contribution in [1.29, 1.82) is 0 Å². The molecule has 0 amide bonds. The molecule has 0 aromatic heterocycles. The van der Waals surface area contributed by atoms with Crippen LogP contribution in [-0.2, 0) is 4.79 Å². The zero-order chi connectivity index (χ0) is 9.69. The summed E-state index contributed by atoms with van der Waals surface area (Å²) in [6, 6.07) is 0. The van der Waals surface area contributed by atoms with Gasteiger partial charge in [-0.25, -0.2) is 0 Å². The minimum absolute atomic E-state index is 0.0893. The molecule has 1 fully saturated rings. The first-order chi connectivity index (χ1) is 5.96. The zero-order valence-electron chi connectivity index (χ0n) is 8.76. The normalized spacial score (nSPS) is 38.4. The first kappa shape index (κ1) is 8.98. The molecule has 0 radical (unpaired) electrons. The van der Waals surface area contributed by atoms with Crippen LogP contribution in [0.5, 0.6) is 0 Å². The smallest absolute Gasteiger partial charge is 0.143 e. The fourth-order valence-corrected chi connectivity index (χ4v) is 2.76. The maximum absolute atomic E-state index is 12.0. The number of ketones is 1. The minimum Gasteiger partial charge on any atom is -0.299 e. The Bertz CT molecular complexity index is 269. The number of hydrogen-bond acceptors (Lipinski definition) is 1. The lowest BCUT2D eigenvalue weighted by molar-refractivity contribution is -0.136. The van der Waals surface area contributed by atoms with Crippen LogP contribution in [0.1, 0.15) is 40.0 Å². The SMILES string of the molecule is CC(C)(C)[C@@]12C=C[C@@H](CC1)CC2=O. The molecule has 3 rings (SSSR count). The van der Waals surface area contributed by atoms with Gasteiger partial charge in [0, 0.05) is 6.42 Å². The molecule has 2 atom stereocenters. The summed E-state index contributed by atoms with van der Waals surface area (Å²) in [7, 11) is 0. The van der Waals surface area contributed by atoms with Gasteiger partial charge in [0.2, 0.25) is 0 Å². The summed E-state index contributed by atoms with van der Waals surface area (Å²) in [6.45, 7) is 6.54. The molecule has 1 nitrogen and oxygen atoms in total. The summed E-state index contributed by atoms with van der Waals surface area (Å²) in [5.41, 5.74) is -0.0479. The van der Waals surface area contributed by atoms with E-state index in [2.05, 4.69) is 32.9 Å². The summed E-state index contributed by atoms with van der Waals surface area (Å²) in [4.78, 5) is 12.0. The van der Waals surface area contributed by atoms with Crippen molar-refractivity contribution in [2.75, 3.05) is 0 Å². The highest BCUT2D eigenvalue weighted by Gasteiger charge is 2.50. The van der Waals surface area contributed by atoms with Gasteiger partial charge >= 0.3 is 0 Å². The van der Waals surface area contributed by atoms with Crippen molar-refractivity contribution < 1.29 is 4.79 Å². The molecule has 0 heterocycles. The van der Waals surface area contributed by atoms with Gasteiger partial charge in [0.1, 0.15) is 5.78 Å². The molecule has 0 aromatic carbocycles. The monoisotopic (exact) mass is 178 g/mol. The zero-order valence-corrected chi connectivity index (χ0v) is 8.76. The molecule has 3 aliphatic carbocycles. The predicted molar refractivity (Wildman–Crippen MR) is 53.4 cm³/mol. The van der Waals surface area contributed by atoms with Crippen LogP contribution < -0.4 is 0 Å². The Hall–Kier alpha value is -0.590. The largest absolute Gasteiger partial charge is 0.299 e. The standard InChI is InChI=1S/C12H18O/c1-11(2,3)12-6-4-9(5-7-12)8-10(12)13/h4,6,9H,5,7-8H2,1-3H3/t9-,12-/m0/s1. The first-order valence-corrected chi connectivity index (χ1v) is 5.18. The topological polar surface area (TPSA) is 17.1 Å². The molecule has 0 aromatic rings. The van der Waals surface area contributed by atoms with Gasteiger partial charge in [-0.1, -0.05) is 32.9 Å². The van der Waals surface area contributed by atoms with Crippen LogP contribution in [0.3, 0.4) is 0 Å². The van der Waals surface area contributed by atoms with Crippen LogP contribution in [0.2, 0.25) is 0 Å². The van der Waals surface area contributed by atoms with Crippen LogP contribution in [0.4, 0.5) is 0 Å². The van der Waals surface area contributed by atoms with E-state index in [0.29, 0.717) is 11.7 Å². The molecular formula is C12H18O.